The highest BCUT2D eigenvalue weighted by molar-refractivity contribution is 5.78. The monoisotopic (exact) mass is 377 g/mol. The van der Waals surface area contributed by atoms with Gasteiger partial charge in [0.25, 0.3) is 0 Å². The smallest absolute Gasteiger partial charge is 0.222 e. The molecule has 0 bridgehead atoms. The molecule has 0 radical (unpaired) electrons. The number of nitrogens with zero attached hydrogens (tertiary/aromatic N) is 1. The van der Waals surface area contributed by atoms with Crippen LogP contribution < -0.4 is 10.6 Å². The fourth-order valence-corrected chi connectivity index (χ4v) is 4.55. The summed E-state index contributed by atoms with van der Waals surface area (Å²) >= 11 is 0. The Morgan fingerprint density at radius 3 is 2.54 bits per heavy atom. The van der Waals surface area contributed by atoms with Crippen molar-refractivity contribution in [3.05, 3.63) is 65.7 Å². The van der Waals surface area contributed by atoms with E-state index in [0.29, 0.717) is 6.42 Å². The Morgan fingerprint density at radius 1 is 0.964 bits per heavy atom. The third kappa shape index (κ3) is 4.74. The Hall–Kier alpha value is -2.33. The number of hydrogen-bond acceptors (Lipinski definition) is 3. The number of carbonyl (C=O) groups is 1. The second kappa shape index (κ2) is 8.78. The molecule has 4 rings (SSSR count). The molecule has 2 aromatic rings. The van der Waals surface area contributed by atoms with Crippen molar-refractivity contribution < 1.29 is 4.79 Å². The SMILES string of the molecule is O=C1CC2(CCN(CCCc3ccccc3)CC2)Nc2ccccc2CCN1. The summed E-state index contributed by atoms with van der Waals surface area (Å²) < 4.78 is 0. The van der Waals surface area contributed by atoms with Crippen molar-refractivity contribution in [3.8, 4) is 0 Å². The van der Waals surface area contributed by atoms with Gasteiger partial charge in [0.15, 0.2) is 0 Å². The average molecular weight is 378 g/mol. The fraction of sp³-hybridized carbons (Fsp3) is 0.458. The van der Waals surface area contributed by atoms with Crippen LogP contribution in [0.25, 0.3) is 0 Å². The van der Waals surface area contributed by atoms with E-state index in [1.54, 1.807) is 0 Å². The van der Waals surface area contributed by atoms with Crippen LogP contribution in [0.5, 0.6) is 0 Å². The maximum atomic E-state index is 12.5. The van der Waals surface area contributed by atoms with Gasteiger partial charge in [-0.3, -0.25) is 4.79 Å². The number of hydrogen-bond donors (Lipinski definition) is 2. The molecule has 28 heavy (non-hydrogen) atoms. The van der Waals surface area contributed by atoms with Gasteiger partial charge in [0.1, 0.15) is 0 Å². The summed E-state index contributed by atoms with van der Waals surface area (Å²) in [6.07, 6.45) is 5.81. The number of rotatable bonds is 4. The minimum atomic E-state index is -0.125. The molecule has 4 heteroatoms. The molecular weight excluding hydrogens is 346 g/mol. The van der Waals surface area contributed by atoms with Crippen molar-refractivity contribution in [1.29, 1.82) is 0 Å². The van der Waals surface area contributed by atoms with Gasteiger partial charge >= 0.3 is 0 Å². The van der Waals surface area contributed by atoms with Crippen LogP contribution in [-0.4, -0.2) is 42.5 Å². The Bertz CT molecular complexity index is 781. The van der Waals surface area contributed by atoms with Crippen LogP contribution in [0.15, 0.2) is 54.6 Å². The Balaban J connectivity index is 1.36. The summed E-state index contributed by atoms with van der Waals surface area (Å²) in [6, 6.07) is 19.2. The molecule has 0 aliphatic carbocycles. The molecule has 1 amide bonds. The van der Waals surface area contributed by atoms with Gasteiger partial charge in [-0.05, 0) is 55.8 Å². The molecule has 2 aliphatic rings. The maximum absolute atomic E-state index is 12.5. The summed E-state index contributed by atoms with van der Waals surface area (Å²) in [7, 11) is 0. The van der Waals surface area contributed by atoms with E-state index in [1.165, 1.54) is 23.2 Å². The van der Waals surface area contributed by atoms with E-state index in [-0.39, 0.29) is 11.4 Å². The first-order valence-corrected chi connectivity index (χ1v) is 10.6. The van der Waals surface area contributed by atoms with E-state index in [2.05, 4.69) is 70.1 Å². The van der Waals surface area contributed by atoms with Gasteiger partial charge in [-0.1, -0.05) is 48.5 Å². The number of carbonyl (C=O) groups excluding carboxylic acids is 1. The third-order valence-corrected chi connectivity index (χ3v) is 6.23. The highest BCUT2D eigenvalue weighted by Crippen LogP contribution is 2.32. The van der Waals surface area contributed by atoms with E-state index in [9.17, 15) is 4.79 Å². The Morgan fingerprint density at radius 2 is 1.71 bits per heavy atom. The van der Waals surface area contributed by atoms with Crippen LogP contribution in [0.4, 0.5) is 5.69 Å². The average Bonchev–Trinajstić information content (AvgIpc) is 2.77. The molecule has 0 unspecified atom stereocenters. The molecule has 1 spiro atoms. The van der Waals surface area contributed by atoms with E-state index in [1.807, 2.05) is 0 Å². The number of fused-ring (bicyclic) bond motifs is 1. The van der Waals surface area contributed by atoms with Crippen molar-refractivity contribution in [1.82, 2.24) is 10.2 Å². The second-order valence-corrected chi connectivity index (χ2v) is 8.27. The van der Waals surface area contributed by atoms with Crippen molar-refractivity contribution >= 4 is 11.6 Å². The van der Waals surface area contributed by atoms with E-state index in [4.69, 9.17) is 0 Å². The lowest BCUT2D eigenvalue weighted by atomic mass is 9.83. The van der Waals surface area contributed by atoms with Crippen LogP contribution in [0.2, 0.25) is 0 Å². The number of likely N-dealkylation sites (tertiary alicyclic amines) is 1. The molecule has 0 aromatic heterocycles. The lowest BCUT2D eigenvalue weighted by Crippen LogP contribution is -2.51. The minimum Gasteiger partial charge on any atom is -0.379 e. The van der Waals surface area contributed by atoms with E-state index in [0.717, 1.165) is 51.9 Å². The molecule has 148 valence electrons. The highest BCUT2D eigenvalue weighted by atomic mass is 16.1. The van der Waals surface area contributed by atoms with Gasteiger partial charge in [-0.2, -0.15) is 0 Å². The van der Waals surface area contributed by atoms with Crippen LogP contribution in [-0.2, 0) is 17.6 Å². The fourth-order valence-electron chi connectivity index (χ4n) is 4.55. The number of para-hydroxylation sites is 1. The number of anilines is 1. The van der Waals surface area contributed by atoms with Gasteiger partial charge < -0.3 is 15.5 Å². The zero-order valence-electron chi connectivity index (χ0n) is 16.6. The quantitative estimate of drug-likeness (QED) is 0.855. The number of amides is 1. The lowest BCUT2D eigenvalue weighted by Gasteiger charge is -2.43. The summed E-state index contributed by atoms with van der Waals surface area (Å²) in [4.78, 5) is 15.0. The largest absolute Gasteiger partial charge is 0.379 e. The van der Waals surface area contributed by atoms with Gasteiger partial charge in [0.2, 0.25) is 5.91 Å². The van der Waals surface area contributed by atoms with Gasteiger partial charge in [-0.15, -0.1) is 0 Å². The molecule has 1 saturated heterocycles. The zero-order chi connectivity index (χ0) is 19.2. The topological polar surface area (TPSA) is 44.4 Å². The molecule has 2 heterocycles. The molecular formula is C24H31N3O. The molecule has 4 nitrogen and oxygen atoms in total. The number of aryl methyl sites for hydroxylation is 1. The first kappa shape index (κ1) is 19.0. The van der Waals surface area contributed by atoms with Crippen LogP contribution in [0, 0.1) is 0 Å². The maximum Gasteiger partial charge on any atom is 0.222 e. The standard InChI is InChI=1S/C24H31N3O/c28-23-19-24(26-22-11-5-4-10-21(22)12-15-25-23)13-17-27(18-14-24)16-6-9-20-7-2-1-3-8-20/h1-5,7-8,10-11,26H,6,9,12-19H2,(H,25,28). The van der Waals surface area contributed by atoms with Crippen molar-refractivity contribution in [2.45, 2.75) is 44.1 Å². The zero-order valence-corrected chi connectivity index (χ0v) is 16.6. The van der Waals surface area contributed by atoms with Crippen LogP contribution >= 0.6 is 0 Å². The summed E-state index contributed by atoms with van der Waals surface area (Å²) in [6.45, 7) is 3.96. The van der Waals surface area contributed by atoms with Gasteiger partial charge in [0.05, 0.1) is 0 Å². The first-order valence-electron chi connectivity index (χ1n) is 10.6. The molecule has 2 N–H and O–H groups in total. The van der Waals surface area contributed by atoms with Crippen molar-refractivity contribution in [2.75, 3.05) is 31.5 Å². The predicted molar refractivity (Wildman–Crippen MR) is 115 cm³/mol. The van der Waals surface area contributed by atoms with Crippen LogP contribution in [0.1, 0.15) is 36.8 Å². The second-order valence-electron chi connectivity index (χ2n) is 8.27. The van der Waals surface area contributed by atoms with E-state index < -0.39 is 0 Å². The molecule has 0 atom stereocenters. The Kier molecular flexibility index (Phi) is 5.96. The summed E-state index contributed by atoms with van der Waals surface area (Å²) in [5.41, 5.74) is 3.80. The number of benzene rings is 2. The molecule has 1 fully saturated rings. The highest BCUT2D eigenvalue weighted by Gasteiger charge is 2.37. The third-order valence-electron chi connectivity index (χ3n) is 6.23. The molecule has 2 aromatic carbocycles. The van der Waals surface area contributed by atoms with Crippen molar-refractivity contribution in [3.63, 3.8) is 0 Å². The van der Waals surface area contributed by atoms with Crippen LogP contribution in [0.3, 0.4) is 0 Å². The summed E-state index contributed by atoms with van der Waals surface area (Å²) in [5, 5.41) is 6.91. The lowest BCUT2D eigenvalue weighted by molar-refractivity contribution is -0.122. The van der Waals surface area contributed by atoms with E-state index >= 15 is 0 Å². The van der Waals surface area contributed by atoms with Crippen molar-refractivity contribution in [2.24, 2.45) is 0 Å². The summed E-state index contributed by atoms with van der Waals surface area (Å²) in [5.74, 6) is 0.179. The molecule has 2 aliphatic heterocycles. The Labute approximate surface area is 168 Å². The van der Waals surface area contributed by atoms with Gasteiger partial charge in [0, 0.05) is 37.3 Å². The number of nitrogens with one attached hydrogen (secondary N) is 2. The number of piperidine rings is 1. The van der Waals surface area contributed by atoms with Gasteiger partial charge in [-0.25, -0.2) is 0 Å². The molecule has 0 saturated carbocycles. The first-order chi connectivity index (χ1) is 13.7. The minimum absolute atomic E-state index is 0.125. The normalized spacial score (nSPS) is 19.6. The predicted octanol–water partition coefficient (Wildman–Crippen LogP) is 3.63.